The van der Waals surface area contributed by atoms with Crippen LogP contribution in [0.4, 0.5) is 0 Å². The molecule has 0 aromatic rings. The largest absolute Gasteiger partial charge is 0.356 e. The average molecular weight is 196 g/mol. The van der Waals surface area contributed by atoms with Crippen molar-refractivity contribution in [3.05, 3.63) is 0 Å². The molecule has 0 saturated heterocycles. The molecule has 3 nitrogen and oxygen atoms in total. The van der Waals surface area contributed by atoms with Crippen LogP contribution in [0.3, 0.4) is 0 Å². The highest BCUT2D eigenvalue weighted by atomic mass is 16.1. The molecule has 0 bridgehead atoms. The predicted octanol–water partition coefficient (Wildman–Crippen LogP) is 2.38. The van der Waals surface area contributed by atoms with Gasteiger partial charge in [0, 0.05) is 19.4 Å². The van der Waals surface area contributed by atoms with Crippen molar-refractivity contribution in [3.63, 3.8) is 0 Å². The smallest absolute Gasteiger partial charge is 0.219 e. The van der Waals surface area contributed by atoms with Crippen molar-refractivity contribution in [1.29, 1.82) is 5.26 Å². The van der Waals surface area contributed by atoms with E-state index in [1.54, 1.807) is 0 Å². The van der Waals surface area contributed by atoms with E-state index in [0.29, 0.717) is 19.4 Å². The molecule has 1 amide bonds. The Morgan fingerprint density at radius 1 is 1.29 bits per heavy atom. The van der Waals surface area contributed by atoms with Crippen molar-refractivity contribution in [2.24, 2.45) is 0 Å². The summed E-state index contributed by atoms with van der Waals surface area (Å²) in [7, 11) is 0. The Balaban J connectivity index is 3.16. The monoisotopic (exact) mass is 196 g/mol. The summed E-state index contributed by atoms with van der Waals surface area (Å²) >= 11 is 0. The van der Waals surface area contributed by atoms with E-state index < -0.39 is 0 Å². The summed E-state index contributed by atoms with van der Waals surface area (Å²) in [5, 5.41) is 11.1. The molecule has 0 atom stereocenters. The van der Waals surface area contributed by atoms with Crippen LogP contribution in [0.5, 0.6) is 0 Å². The molecule has 0 saturated carbocycles. The molecule has 1 N–H and O–H groups in total. The summed E-state index contributed by atoms with van der Waals surface area (Å²) in [4.78, 5) is 11.2. The fraction of sp³-hybridized carbons (Fsp3) is 0.818. The maximum absolute atomic E-state index is 11.2. The van der Waals surface area contributed by atoms with Gasteiger partial charge >= 0.3 is 0 Å². The zero-order chi connectivity index (χ0) is 10.6. The summed E-state index contributed by atoms with van der Waals surface area (Å²) in [5.74, 6) is 0.124. The summed E-state index contributed by atoms with van der Waals surface area (Å²) in [6.45, 7) is 2.79. The van der Waals surface area contributed by atoms with Gasteiger partial charge in [0.1, 0.15) is 0 Å². The number of unbranched alkanes of at least 4 members (excludes halogenated alkanes) is 4. The molecule has 3 heteroatoms. The van der Waals surface area contributed by atoms with E-state index in [1.165, 1.54) is 12.8 Å². The second-order valence-electron chi connectivity index (χ2n) is 3.42. The van der Waals surface area contributed by atoms with Gasteiger partial charge in [0.2, 0.25) is 5.91 Å². The molecule has 0 radical (unpaired) electrons. The first kappa shape index (κ1) is 13.0. The standard InChI is InChI=1S/C11H20N2O/c1-2-3-4-5-8-11(14)13-10-7-6-9-12/h2-8,10H2,1H3,(H,13,14). The number of carbonyl (C=O) groups is 1. The Morgan fingerprint density at radius 2 is 2.07 bits per heavy atom. The van der Waals surface area contributed by atoms with Gasteiger partial charge in [-0.2, -0.15) is 5.26 Å². The Hall–Kier alpha value is -1.04. The number of nitrogens with one attached hydrogen (secondary N) is 1. The minimum atomic E-state index is 0.124. The highest BCUT2D eigenvalue weighted by Crippen LogP contribution is 2.01. The van der Waals surface area contributed by atoms with Crippen molar-refractivity contribution in [1.82, 2.24) is 5.32 Å². The lowest BCUT2D eigenvalue weighted by atomic mass is 10.1. The Bertz CT molecular complexity index is 184. The van der Waals surface area contributed by atoms with E-state index in [-0.39, 0.29) is 5.91 Å². The van der Waals surface area contributed by atoms with Gasteiger partial charge in [0.15, 0.2) is 0 Å². The van der Waals surface area contributed by atoms with E-state index in [0.717, 1.165) is 19.3 Å². The van der Waals surface area contributed by atoms with E-state index in [9.17, 15) is 4.79 Å². The predicted molar refractivity (Wildman–Crippen MR) is 56.6 cm³/mol. The average Bonchev–Trinajstić information content (AvgIpc) is 2.19. The van der Waals surface area contributed by atoms with Gasteiger partial charge < -0.3 is 5.32 Å². The molecule has 80 valence electrons. The number of nitrogens with zero attached hydrogens (tertiary/aromatic N) is 1. The van der Waals surface area contributed by atoms with Crippen LogP contribution in [0.2, 0.25) is 0 Å². The van der Waals surface area contributed by atoms with E-state index in [2.05, 4.69) is 18.3 Å². The molecule has 0 fully saturated rings. The van der Waals surface area contributed by atoms with Crippen LogP contribution in [0.1, 0.15) is 51.9 Å². The van der Waals surface area contributed by atoms with Gasteiger partial charge in [0.25, 0.3) is 0 Å². The number of amides is 1. The third-order valence-corrected chi connectivity index (χ3v) is 2.04. The molecule has 0 aliphatic rings. The highest BCUT2D eigenvalue weighted by molar-refractivity contribution is 5.75. The Kier molecular flexibility index (Phi) is 9.30. The highest BCUT2D eigenvalue weighted by Gasteiger charge is 1.99. The van der Waals surface area contributed by atoms with Crippen LogP contribution in [0, 0.1) is 11.3 Å². The van der Waals surface area contributed by atoms with Crippen molar-refractivity contribution < 1.29 is 4.79 Å². The van der Waals surface area contributed by atoms with Crippen LogP contribution in [0.15, 0.2) is 0 Å². The van der Waals surface area contributed by atoms with Gasteiger partial charge in [-0.05, 0) is 12.8 Å². The third-order valence-electron chi connectivity index (χ3n) is 2.04. The molecule has 0 heterocycles. The van der Waals surface area contributed by atoms with Crippen LogP contribution in [-0.2, 0) is 4.79 Å². The number of hydrogen-bond donors (Lipinski definition) is 1. The topological polar surface area (TPSA) is 52.9 Å². The quantitative estimate of drug-likeness (QED) is 0.606. The molecule has 0 rings (SSSR count). The van der Waals surface area contributed by atoms with Gasteiger partial charge in [-0.15, -0.1) is 0 Å². The van der Waals surface area contributed by atoms with Gasteiger partial charge in [0.05, 0.1) is 6.07 Å². The van der Waals surface area contributed by atoms with Gasteiger partial charge in [-0.25, -0.2) is 0 Å². The SMILES string of the molecule is CCCCCCC(=O)NCCCC#N. The lowest BCUT2D eigenvalue weighted by Crippen LogP contribution is -2.23. The van der Waals surface area contributed by atoms with Crippen molar-refractivity contribution >= 4 is 5.91 Å². The van der Waals surface area contributed by atoms with Gasteiger partial charge in [-0.3, -0.25) is 4.79 Å². The molecule has 14 heavy (non-hydrogen) atoms. The Morgan fingerprint density at radius 3 is 2.71 bits per heavy atom. The number of rotatable bonds is 8. The minimum absolute atomic E-state index is 0.124. The number of carbonyl (C=O) groups excluding carboxylic acids is 1. The first-order valence-electron chi connectivity index (χ1n) is 5.45. The van der Waals surface area contributed by atoms with E-state index >= 15 is 0 Å². The number of nitriles is 1. The number of hydrogen-bond acceptors (Lipinski definition) is 2. The molecule has 0 aromatic carbocycles. The lowest BCUT2D eigenvalue weighted by Gasteiger charge is -2.02. The van der Waals surface area contributed by atoms with E-state index in [1.807, 2.05) is 0 Å². The van der Waals surface area contributed by atoms with Crippen LogP contribution < -0.4 is 5.32 Å². The lowest BCUT2D eigenvalue weighted by molar-refractivity contribution is -0.121. The van der Waals surface area contributed by atoms with Gasteiger partial charge in [-0.1, -0.05) is 26.2 Å². The van der Waals surface area contributed by atoms with E-state index in [4.69, 9.17) is 5.26 Å². The van der Waals surface area contributed by atoms with Crippen LogP contribution in [0.25, 0.3) is 0 Å². The first-order chi connectivity index (χ1) is 6.81. The van der Waals surface area contributed by atoms with Crippen molar-refractivity contribution in [2.45, 2.75) is 51.9 Å². The summed E-state index contributed by atoms with van der Waals surface area (Å²) in [6, 6.07) is 2.05. The molecule has 0 aliphatic carbocycles. The fourth-order valence-corrected chi connectivity index (χ4v) is 1.20. The molecular formula is C11H20N2O. The minimum Gasteiger partial charge on any atom is -0.356 e. The summed E-state index contributed by atoms with van der Waals surface area (Å²) < 4.78 is 0. The Labute approximate surface area is 86.5 Å². The zero-order valence-corrected chi connectivity index (χ0v) is 9.01. The molecule has 0 aliphatic heterocycles. The normalized spacial score (nSPS) is 9.43. The molecule has 0 spiro atoms. The summed E-state index contributed by atoms with van der Waals surface area (Å²) in [5.41, 5.74) is 0. The second kappa shape index (κ2) is 10.0. The fourth-order valence-electron chi connectivity index (χ4n) is 1.20. The second-order valence-corrected chi connectivity index (χ2v) is 3.42. The zero-order valence-electron chi connectivity index (χ0n) is 9.01. The molecule has 0 aromatic heterocycles. The van der Waals surface area contributed by atoms with Crippen molar-refractivity contribution in [2.75, 3.05) is 6.54 Å². The van der Waals surface area contributed by atoms with Crippen LogP contribution in [-0.4, -0.2) is 12.5 Å². The first-order valence-corrected chi connectivity index (χ1v) is 5.45. The summed E-state index contributed by atoms with van der Waals surface area (Å²) in [6.07, 6.45) is 6.45. The van der Waals surface area contributed by atoms with Crippen molar-refractivity contribution in [3.8, 4) is 6.07 Å². The van der Waals surface area contributed by atoms with Crippen LogP contribution >= 0.6 is 0 Å². The maximum atomic E-state index is 11.2. The molecule has 0 unspecified atom stereocenters. The molecular weight excluding hydrogens is 176 g/mol. The third kappa shape index (κ3) is 9.05. The maximum Gasteiger partial charge on any atom is 0.219 e.